The molecular formula is C10H18O. The molecule has 0 aromatic carbocycles. The van der Waals surface area contributed by atoms with E-state index in [1.54, 1.807) is 0 Å². The summed E-state index contributed by atoms with van der Waals surface area (Å²) in [6, 6.07) is 0. The smallest absolute Gasteiger partial charge is 0.0671 e. The van der Waals surface area contributed by atoms with Gasteiger partial charge in [-0.1, -0.05) is 31.2 Å². The zero-order valence-corrected chi connectivity index (χ0v) is 7.60. The number of ether oxygens (including phenoxy) is 1. The zero-order valence-electron chi connectivity index (χ0n) is 7.60. The molecule has 0 heterocycles. The van der Waals surface area contributed by atoms with Crippen molar-refractivity contribution in [3.63, 3.8) is 0 Å². The van der Waals surface area contributed by atoms with E-state index in [2.05, 4.69) is 25.7 Å². The molecule has 0 rings (SSSR count). The Morgan fingerprint density at radius 3 is 2.73 bits per heavy atom. The molecule has 0 saturated carbocycles. The van der Waals surface area contributed by atoms with Crippen LogP contribution in [-0.4, -0.2) is 13.2 Å². The fraction of sp³-hybridized carbons (Fsp3) is 0.600. The molecule has 0 fully saturated rings. The van der Waals surface area contributed by atoms with E-state index >= 15 is 0 Å². The lowest BCUT2D eigenvalue weighted by atomic mass is 10.3. The molecule has 0 spiro atoms. The average molecular weight is 154 g/mol. The molecule has 0 atom stereocenters. The lowest BCUT2D eigenvalue weighted by Gasteiger charge is -1.99. The summed E-state index contributed by atoms with van der Waals surface area (Å²) < 4.78 is 5.29. The van der Waals surface area contributed by atoms with Gasteiger partial charge in [0.15, 0.2) is 0 Å². The van der Waals surface area contributed by atoms with Gasteiger partial charge in [0.1, 0.15) is 0 Å². The quantitative estimate of drug-likeness (QED) is 0.422. The van der Waals surface area contributed by atoms with Gasteiger partial charge in [0.2, 0.25) is 0 Å². The molecule has 0 aromatic rings. The second-order valence-corrected chi connectivity index (χ2v) is 2.68. The van der Waals surface area contributed by atoms with Crippen LogP contribution >= 0.6 is 0 Å². The Hall–Kier alpha value is -0.560. The van der Waals surface area contributed by atoms with Crippen molar-refractivity contribution in [3.8, 4) is 0 Å². The number of hydrogen-bond acceptors (Lipinski definition) is 1. The summed E-state index contributed by atoms with van der Waals surface area (Å²) in [4.78, 5) is 0. The first kappa shape index (κ1) is 10.4. The number of hydrogen-bond donors (Lipinski definition) is 0. The standard InChI is InChI=1S/C10H18O/c1-4-5-6-7-8-11-9-10(2)3/h5-6H,2,4,7-9H2,1,3H3/b6-5-. The Bertz CT molecular complexity index is 125. The van der Waals surface area contributed by atoms with Crippen molar-refractivity contribution >= 4 is 0 Å². The van der Waals surface area contributed by atoms with Crippen molar-refractivity contribution in [2.75, 3.05) is 13.2 Å². The van der Waals surface area contributed by atoms with Crippen LogP contribution < -0.4 is 0 Å². The van der Waals surface area contributed by atoms with Crippen molar-refractivity contribution < 1.29 is 4.74 Å². The van der Waals surface area contributed by atoms with Crippen LogP contribution in [0.5, 0.6) is 0 Å². The van der Waals surface area contributed by atoms with Crippen LogP contribution in [0, 0.1) is 0 Å². The molecule has 0 bridgehead atoms. The molecule has 0 aliphatic heterocycles. The van der Waals surface area contributed by atoms with Crippen molar-refractivity contribution in [2.24, 2.45) is 0 Å². The minimum absolute atomic E-state index is 0.694. The van der Waals surface area contributed by atoms with Gasteiger partial charge >= 0.3 is 0 Å². The van der Waals surface area contributed by atoms with Gasteiger partial charge in [-0.3, -0.25) is 0 Å². The van der Waals surface area contributed by atoms with Crippen LogP contribution in [0.3, 0.4) is 0 Å². The molecule has 1 nitrogen and oxygen atoms in total. The molecule has 0 aromatic heterocycles. The monoisotopic (exact) mass is 154 g/mol. The summed E-state index contributed by atoms with van der Waals surface area (Å²) in [6.45, 7) is 9.35. The van der Waals surface area contributed by atoms with Crippen LogP contribution in [0.25, 0.3) is 0 Å². The summed E-state index contributed by atoms with van der Waals surface area (Å²) in [6.07, 6.45) is 6.43. The van der Waals surface area contributed by atoms with Crippen molar-refractivity contribution in [1.29, 1.82) is 0 Å². The Balaban J connectivity index is 3.02. The normalized spacial score (nSPS) is 10.7. The fourth-order valence-electron chi connectivity index (χ4n) is 0.682. The lowest BCUT2D eigenvalue weighted by Crippen LogP contribution is -1.95. The molecule has 0 N–H and O–H groups in total. The molecular weight excluding hydrogens is 136 g/mol. The first-order valence-electron chi connectivity index (χ1n) is 4.14. The average Bonchev–Trinajstić information content (AvgIpc) is 1.96. The second kappa shape index (κ2) is 7.55. The highest BCUT2D eigenvalue weighted by atomic mass is 16.5. The van der Waals surface area contributed by atoms with Gasteiger partial charge in [0.25, 0.3) is 0 Å². The van der Waals surface area contributed by atoms with Gasteiger partial charge in [-0.25, -0.2) is 0 Å². The summed E-state index contributed by atoms with van der Waals surface area (Å²) in [7, 11) is 0. The number of rotatable bonds is 6. The molecule has 0 aliphatic carbocycles. The van der Waals surface area contributed by atoms with Gasteiger partial charge in [-0.15, -0.1) is 0 Å². The second-order valence-electron chi connectivity index (χ2n) is 2.68. The largest absolute Gasteiger partial charge is 0.377 e. The number of allylic oxidation sites excluding steroid dienone is 1. The minimum atomic E-state index is 0.694. The third-order valence-corrected chi connectivity index (χ3v) is 1.18. The summed E-state index contributed by atoms with van der Waals surface area (Å²) in [5, 5.41) is 0. The Morgan fingerprint density at radius 1 is 1.45 bits per heavy atom. The maximum atomic E-state index is 5.29. The van der Waals surface area contributed by atoms with Gasteiger partial charge in [0, 0.05) is 0 Å². The predicted molar refractivity (Wildman–Crippen MR) is 49.7 cm³/mol. The third kappa shape index (κ3) is 9.44. The molecule has 11 heavy (non-hydrogen) atoms. The Morgan fingerprint density at radius 2 is 2.18 bits per heavy atom. The summed E-state index contributed by atoms with van der Waals surface area (Å²) >= 11 is 0. The van der Waals surface area contributed by atoms with Crippen molar-refractivity contribution in [3.05, 3.63) is 24.3 Å². The molecule has 64 valence electrons. The summed E-state index contributed by atoms with van der Waals surface area (Å²) in [5.74, 6) is 0. The van der Waals surface area contributed by atoms with Crippen LogP contribution in [0.1, 0.15) is 26.7 Å². The van der Waals surface area contributed by atoms with E-state index in [1.165, 1.54) is 0 Å². The van der Waals surface area contributed by atoms with E-state index in [4.69, 9.17) is 4.74 Å². The summed E-state index contributed by atoms with van der Waals surface area (Å²) in [5.41, 5.74) is 1.09. The maximum absolute atomic E-state index is 5.29. The Labute approximate surface area is 69.8 Å². The van der Waals surface area contributed by atoms with Crippen LogP contribution in [0.2, 0.25) is 0 Å². The van der Waals surface area contributed by atoms with Gasteiger partial charge < -0.3 is 4.74 Å². The lowest BCUT2D eigenvalue weighted by molar-refractivity contribution is 0.161. The van der Waals surface area contributed by atoms with E-state index in [9.17, 15) is 0 Å². The van der Waals surface area contributed by atoms with E-state index in [0.29, 0.717) is 6.61 Å². The topological polar surface area (TPSA) is 9.23 Å². The van der Waals surface area contributed by atoms with Crippen LogP contribution in [-0.2, 0) is 4.74 Å². The molecule has 0 amide bonds. The van der Waals surface area contributed by atoms with Gasteiger partial charge in [-0.05, 0) is 19.8 Å². The molecule has 1 heteroatoms. The van der Waals surface area contributed by atoms with E-state index in [0.717, 1.165) is 25.0 Å². The maximum Gasteiger partial charge on any atom is 0.0671 e. The van der Waals surface area contributed by atoms with Crippen molar-refractivity contribution in [2.45, 2.75) is 26.7 Å². The third-order valence-electron chi connectivity index (χ3n) is 1.18. The highest BCUT2D eigenvalue weighted by Crippen LogP contribution is 1.91. The highest BCUT2D eigenvalue weighted by molar-refractivity contribution is 4.87. The van der Waals surface area contributed by atoms with E-state index < -0.39 is 0 Å². The molecule has 0 unspecified atom stereocenters. The predicted octanol–water partition coefficient (Wildman–Crippen LogP) is 2.94. The molecule has 0 radical (unpaired) electrons. The van der Waals surface area contributed by atoms with Crippen LogP contribution in [0.4, 0.5) is 0 Å². The highest BCUT2D eigenvalue weighted by Gasteiger charge is 1.84. The first-order chi connectivity index (χ1) is 5.27. The van der Waals surface area contributed by atoms with E-state index in [1.807, 2.05) is 6.92 Å². The minimum Gasteiger partial charge on any atom is -0.377 e. The molecule has 0 aliphatic rings. The SMILES string of the molecule is C=C(C)COCC/C=C\CC. The first-order valence-corrected chi connectivity index (χ1v) is 4.14. The van der Waals surface area contributed by atoms with Crippen molar-refractivity contribution in [1.82, 2.24) is 0 Å². The Kier molecular flexibility index (Phi) is 7.16. The fourth-order valence-corrected chi connectivity index (χ4v) is 0.682. The van der Waals surface area contributed by atoms with Gasteiger partial charge in [-0.2, -0.15) is 0 Å². The van der Waals surface area contributed by atoms with Crippen LogP contribution in [0.15, 0.2) is 24.3 Å². The zero-order chi connectivity index (χ0) is 8.53. The van der Waals surface area contributed by atoms with E-state index in [-0.39, 0.29) is 0 Å². The van der Waals surface area contributed by atoms with Gasteiger partial charge in [0.05, 0.1) is 13.2 Å². The molecule has 0 saturated heterocycles.